The van der Waals surface area contributed by atoms with E-state index in [1.807, 2.05) is 0 Å². The molecule has 0 aliphatic carbocycles. The predicted molar refractivity (Wildman–Crippen MR) is 95.9 cm³/mol. The van der Waals surface area contributed by atoms with Crippen LogP contribution >= 0.6 is 0 Å². The molecule has 0 atom stereocenters. The number of rotatable bonds is 0. The Bertz CT molecular complexity index is 639. The molecule has 2 aromatic carbocycles. The number of hydrogen-bond acceptors (Lipinski definition) is 0. The van der Waals surface area contributed by atoms with Gasteiger partial charge in [0.05, 0.1) is 0 Å². The van der Waals surface area contributed by atoms with E-state index in [1.54, 1.807) is 20.7 Å². The van der Waals surface area contributed by atoms with Crippen LogP contribution in [0.5, 0.6) is 0 Å². The van der Waals surface area contributed by atoms with Crippen LogP contribution in [-0.2, 0) is 0 Å². The minimum Gasteiger partial charge on any atom is -0.0624 e. The fourth-order valence-electron chi connectivity index (χ4n) is 3.73. The molecule has 104 valence electrons. The van der Waals surface area contributed by atoms with Crippen molar-refractivity contribution in [2.45, 2.75) is 40.0 Å². The summed E-state index contributed by atoms with van der Waals surface area (Å²) in [6.45, 7) is 14.5. The monoisotopic (exact) mass is 296 g/mol. The first-order chi connectivity index (χ1) is 9.24. The Morgan fingerprint density at radius 1 is 0.550 bits per heavy atom. The van der Waals surface area contributed by atoms with Crippen LogP contribution in [0.3, 0.4) is 0 Å². The van der Waals surface area contributed by atoms with Gasteiger partial charge in [0.1, 0.15) is 16.1 Å². The van der Waals surface area contributed by atoms with Crippen LogP contribution in [0.2, 0.25) is 26.2 Å². The molecule has 0 radical (unpaired) electrons. The van der Waals surface area contributed by atoms with Crippen LogP contribution in [0, 0.1) is 13.8 Å². The van der Waals surface area contributed by atoms with Gasteiger partial charge in [-0.15, -0.1) is 0 Å². The van der Waals surface area contributed by atoms with Gasteiger partial charge in [-0.05, 0) is 13.8 Å². The summed E-state index contributed by atoms with van der Waals surface area (Å²) in [5, 5.41) is 6.73. The van der Waals surface area contributed by atoms with Gasteiger partial charge in [0.15, 0.2) is 0 Å². The van der Waals surface area contributed by atoms with Crippen molar-refractivity contribution in [2.75, 3.05) is 0 Å². The summed E-state index contributed by atoms with van der Waals surface area (Å²) in [7, 11) is -3.08. The molecule has 0 bridgehead atoms. The van der Waals surface area contributed by atoms with Crippen molar-refractivity contribution in [1.29, 1.82) is 0 Å². The summed E-state index contributed by atoms with van der Waals surface area (Å²) in [4.78, 5) is 0. The fraction of sp³-hybridized carbons (Fsp3) is 0.333. The predicted octanol–water partition coefficient (Wildman–Crippen LogP) is 2.26. The van der Waals surface area contributed by atoms with E-state index < -0.39 is 16.1 Å². The van der Waals surface area contributed by atoms with Gasteiger partial charge in [0.2, 0.25) is 0 Å². The zero-order valence-corrected chi connectivity index (χ0v) is 15.5. The van der Waals surface area contributed by atoms with Crippen molar-refractivity contribution in [1.82, 2.24) is 0 Å². The molecule has 2 aromatic rings. The molecule has 1 heterocycles. The van der Waals surface area contributed by atoms with Crippen molar-refractivity contribution < 1.29 is 0 Å². The van der Waals surface area contributed by atoms with Crippen LogP contribution in [0.4, 0.5) is 0 Å². The highest BCUT2D eigenvalue weighted by Crippen LogP contribution is 2.16. The van der Waals surface area contributed by atoms with E-state index in [4.69, 9.17) is 0 Å². The molecule has 2 heteroatoms. The summed E-state index contributed by atoms with van der Waals surface area (Å²) < 4.78 is 0. The van der Waals surface area contributed by atoms with E-state index >= 15 is 0 Å². The molecule has 0 saturated carbocycles. The highest BCUT2D eigenvalue weighted by molar-refractivity contribution is 7.16. The highest BCUT2D eigenvalue weighted by atomic mass is 28.3. The molecule has 0 N–H and O–H groups in total. The van der Waals surface area contributed by atoms with Gasteiger partial charge < -0.3 is 0 Å². The third kappa shape index (κ3) is 1.78. The first kappa shape index (κ1) is 13.8. The van der Waals surface area contributed by atoms with Crippen molar-refractivity contribution >= 4 is 36.9 Å². The second-order valence-electron chi connectivity index (χ2n) is 7.35. The van der Waals surface area contributed by atoms with Crippen LogP contribution < -0.4 is 20.7 Å². The Labute approximate surface area is 124 Å². The minimum absolute atomic E-state index is 1.41. The molecule has 20 heavy (non-hydrogen) atoms. The third-order valence-electron chi connectivity index (χ3n) is 5.04. The zero-order chi connectivity index (χ0) is 14.7. The Kier molecular flexibility index (Phi) is 2.90. The van der Waals surface area contributed by atoms with Crippen molar-refractivity contribution in [3.63, 3.8) is 0 Å². The quantitative estimate of drug-likeness (QED) is 0.654. The lowest BCUT2D eigenvalue weighted by molar-refractivity contribution is 1.47. The largest absolute Gasteiger partial charge is 0.111 e. The molecular formula is C18H24Si2. The number of hydrogen-bond donors (Lipinski definition) is 0. The normalized spacial score (nSPS) is 18.3. The summed E-state index contributed by atoms with van der Waals surface area (Å²) in [6.07, 6.45) is 0. The third-order valence-corrected chi connectivity index (χ3v) is 12.6. The van der Waals surface area contributed by atoms with E-state index in [1.165, 1.54) is 11.1 Å². The molecule has 1 aliphatic heterocycles. The average molecular weight is 297 g/mol. The maximum atomic E-state index is 2.52. The average Bonchev–Trinajstić information content (AvgIpc) is 2.36. The fourth-order valence-corrected chi connectivity index (χ4v) is 13.2. The molecule has 0 saturated heterocycles. The first-order valence-corrected chi connectivity index (χ1v) is 13.5. The summed E-state index contributed by atoms with van der Waals surface area (Å²) in [5.74, 6) is 0. The Morgan fingerprint density at radius 2 is 0.900 bits per heavy atom. The van der Waals surface area contributed by atoms with Crippen molar-refractivity contribution in [3.8, 4) is 0 Å². The Morgan fingerprint density at radius 3 is 1.30 bits per heavy atom. The standard InChI is InChI=1S/C18H24Si2/c1-13-7-9-15-17(11-13)20(5,6)18-12-14(2)8-10-16(18)19(15,3)4/h7-12H,1-6H3. The minimum atomic E-state index is -1.55. The maximum absolute atomic E-state index is 2.52. The molecule has 0 fully saturated rings. The lowest BCUT2D eigenvalue weighted by atomic mass is 10.2. The summed E-state index contributed by atoms with van der Waals surface area (Å²) in [5.41, 5.74) is 2.82. The van der Waals surface area contributed by atoms with Gasteiger partial charge in [-0.3, -0.25) is 0 Å². The Hall–Kier alpha value is -1.13. The van der Waals surface area contributed by atoms with Crippen LogP contribution in [0.15, 0.2) is 36.4 Å². The van der Waals surface area contributed by atoms with Gasteiger partial charge in [-0.25, -0.2) is 0 Å². The van der Waals surface area contributed by atoms with E-state index in [0.717, 1.165) is 0 Å². The van der Waals surface area contributed by atoms with E-state index in [2.05, 4.69) is 76.4 Å². The SMILES string of the molecule is Cc1ccc2c(c1)[Si](C)(C)c1cc(C)ccc1[Si]2(C)C. The molecular weight excluding hydrogens is 272 g/mol. The summed E-state index contributed by atoms with van der Waals surface area (Å²) in [6, 6.07) is 14.4. The van der Waals surface area contributed by atoms with E-state index in [0.29, 0.717) is 0 Å². The van der Waals surface area contributed by atoms with E-state index in [-0.39, 0.29) is 0 Å². The molecule has 0 aromatic heterocycles. The van der Waals surface area contributed by atoms with E-state index in [9.17, 15) is 0 Å². The first-order valence-electron chi connectivity index (χ1n) is 7.48. The van der Waals surface area contributed by atoms with Crippen LogP contribution in [0.25, 0.3) is 0 Å². The molecule has 0 spiro atoms. The molecule has 0 nitrogen and oxygen atoms in total. The summed E-state index contributed by atoms with van der Waals surface area (Å²) >= 11 is 0. The highest BCUT2D eigenvalue weighted by Gasteiger charge is 2.43. The molecule has 0 amide bonds. The zero-order valence-electron chi connectivity index (χ0n) is 13.5. The van der Waals surface area contributed by atoms with Gasteiger partial charge in [0.25, 0.3) is 0 Å². The number of aryl methyl sites for hydroxylation is 2. The van der Waals surface area contributed by atoms with Crippen molar-refractivity contribution in [3.05, 3.63) is 47.5 Å². The molecule has 0 unspecified atom stereocenters. The Balaban J connectivity index is 2.40. The lowest BCUT2D eigenvalue weighted by Crippen LogP contribution is -2.77. The van der Waals surface area contributed by atoms with Crippen LogP contribution in [-0.4, -0.2) is 16.1 Å². The lowest BCUT2D eigenvalue weighted by Gasteiger charge is -2.42. The van der Waals surface area contributed by atoms with Crippen LogP contribution in [0.1, 0.15) is 11.1 Å². The second-order valence-corrected chi connectivity index (χ2v) is 16.0. The van der Waals surface area contributed by atoms with Gasteiger partial charge in [0, 0.05) is 0 Å². The number of fused-ring (bicyclic) bond motifs is 2. The molecule has 3 rings (SSSR count). The second kappa shape index (κ2) is 4.18. The van der Waals surface area contributed by atoms with Crippen molar-refractivity contribution in [2.24, 2.45) is 0 Å². The van der Waals surface area contributed by atoms with Gasteiger partial charge in [-0.2, -0.15) is 0 Å². The smallest absolute Gasteiger partial charge is 0.0624 e. The van der Waals surface area contributed by atoms with Gasteiger partial charge in [-0.1, -0.05) is 94.5 Å². The van der Waals surface area contributed by atoms with Gasteiger partial charge >= 0.3 is 0 Å². The molecule has 1 aliphatic rings. The topological polar surface area (TPSA) is 0 Å². The maximum Gasteiger partial charge on any atom is 0.111 e. The number of benzene rings is 2.